The molecule has 8 heteroatoms. The molecule has 2 atom stereocenters. The summed E-state index contributed by atoms with van der Waals surface area (Å²) in [5.74, 6) is 1.40. The molecule has 1 N–H and O–H groups in total. The summed E-state index contributed by atoms with van der Waals surface area (Å²) in [5, 5.41) is 29.6. The smallest absolute Gasteiger partial charge is 0.225 e. The third-order valence-corrected chi connectivity index (χ3v) is 7.34. The van der Waals surface area contributed by atoms with Crippen LogP contribution in [0.3, 0.4) is 0 Å². The molecule has 3 aliphatic rings. The number of carbonyl (C=O) groups is 1. The minimum atomic E-state index is -0.663. The van der Waals surface area contributed by atoms with Gasteiger partial charge in [-0.1, -0.05) is 6.58 Å². The average molecular weight is 483 g/mol. The fourth-order valence-corrected chi connectivity index (χ4v) is 5.19. The van der Waals surface area contributed by atoms with Crippen LogP contribution in [0, 0.1) is 28.6 Å². The van der Waals surface area contributed by atoms with Gasteiger partial charge in [0.15, 0.2) is 0 Å². The first-order valence-electron chi connectivity index (χ1n) is 12.6. The van der Waals surface area contributed by atoms with Crippen LogP contribution in [0.25, 0.3) is 17.2 Å². The van der Waals surface area contributed by atoms with Crippen LogP contribution in [0.5, 0.6) is 0 Å². The zero-order valence-corrected chi connectivity index (χ0v) is 20.5. The van der Waals surface area contributed by atoms with Gasteiger partial charge in [-0.3, -0.25) is 9.78 Å². The van der Waals surface area contributed by atoms with Crippen LogP contribution >= 0.6 is 0 Å². The molecule has 1 saturated heterocycles. The van der Waals surface area contributed by atoms with E-state index in [2.05, 4.69) is 28.6 Å². The number of aliphatic hydroxyl groups is 1. The normalized spacial score (nSPS) is 20.4. The highest BCUT2D eigenvalue weighted by atomic mass is 16.3. The zero-order chi connectivity index (χ0) is 25.4. The van der Waals surface area contributed by atoms with Crippen molar-refractivity contribution < 1.29 is 9.90 Å². The Bertz CT molecular complexity index is 1280. The minimum absolute atomic E-state index is 0.0104. The summed E-state index contributed by atoms with van der Waals surface area (Å²) in [6.07, 6.45) is 6.89. The van der Waals surface area contributed by atoms with Gasteiger partial charge in [-0.25, -0.2) is 4.98 Å². The lowest BCUT2D eigenvalue weighted by atomic mass is 9.95. The molecule has 2 saturated carbocycles. The third kappa shape index (κ3) is 4.69. The molecule has 2 aromatic rings. The molecule has 2 aromatic heterocycles. The van der Waals surface area contributed by atoms with Crippen molar-refractivity contribution in [2.75, 3.05) is 24.5 Å². The fraction of sp³-hybridized carbons (Fsp3) is 0.464. The van der Waals surface area contributed by atoms with Crippen molar-refractivity contribution in [3.63, 3.8) is 0 Å². The van der Waals surface area contributed by atoms with Crippen LogP contribution in [-0.2, 0) is 4.79 Å². The molecule has 1 amide bonds. The Morgan fingerprint density at radius 1 is 1.19 bits per heavy atom. The number of piperazine rings is 1. The Morgan fingerprint density at radius 2 is 1.94 bits per heavy atom. The predicted octanol–water partition coefficient (Wildman–Crippen LogP) is 3.61. The number of amides is 1. The standard InChI is InChI=1S/C28H30N6O2/c1-3-22-12-23(21(14-30)15-31-22)24-11-20(13-29)28(32-27(24)19-6-7-19)33-8-9-34(26(36)10-17(2)35)25(16-33)18-4-5-18/h3,11-12,15,17-19,25,35H,1,4-10,16H2,2H3/t17-,25-/m0/s1. The molecule has 0 radical (unpaired) electrons. The highest BCUT2D eigenvalue weighted by Gasteiger charge is 2.42. The Hall–Kier alpha value is -3.75. The number of pyridine rings is 2. The number of nitriles is 2. The SMILES string of the molecule is C=Cc1cc(-c2cc(C#N)c(N3CCN(C(=O)C[C@H](C)O)[C@H](C4CC4)C3)nc2C2CC2)c(C#N)cn1. The van der Waals surface area contributed by atoms with Crippen LogP contribution in [-0.4, -0.2) is 57.7 Å². The van der Waals surface area contributed by atoms with Crippen molar-refractivity contribution in [3.8, 4) is 23.3 Å². The molecule has 1 aliphatic heterocycles. The Labute approximate surface area is 211 Å². The average Bonchev–Trinajstić information content (AvgIpc) is 3.80. The first-order chi connectivity index (χ1) is 17.4. The molecule has 5 rings (SSSR count). The molecule has 184 valence electrons. The van der Waals surface area contributed by atoms with E-state index in [4.69, 9.17) is 4.98 Å². The van der Waals surface area contributed by atoms with E-state index in [1.807, 2.05) is 17.0 Å². The lowest BCUT2D eigenvalue weighted by Crippen LogP contribution is -2.57. The van der Waals surface area contributed by atoms with E-state index in [1.165, 1.54) is 0 Å². The third-order valence-electron chi connectivity index (χ3n) is 7.34. The van der Waals surface area contributed by atoms with Gasteiger partial charge in [-0.05, 0) is 56.7 Å². The molecule has 0 bridgehead atoms. The van der Waals surface area contributed by atoms with E-state index >= 15 is 0 Å². The van der Waals surface area contributed by atoms with Crippen molar-refractivity contribution in [3.05, 3.63) is 47.4 Å². The molecule has 0 unspecified atom stereocenters. The number of aliphatic hydroxyl groups excluding tert-OH is 1. The summed E-state index contributed by atoms with van der Waals surface area (Å²) in [7, 11) is 0. The number of carbonyl (C=O) groups excluding carboxylic acids is 1. The molecule has 2 aliphatic carbocycles. The quantitative estimate of drug-likeness (QED) is 0.641. The van der Waals surface area contributed by atoms with E-state index in [9.17, 15) is 20.4 Å². The van der Waals surface area contributed by atoms with Crippen LogP contribution in [0.4, 0.5) is 5.82 Å². The lowest BCUT2D eigenvalue weighted by molar-refractivity contribution is -0.136. The molecular weight excluding hydrogens is 452 g/mol. The first kappa shape index (κ1) is 24.0. The summed E-state index contributed by atoms with van der Waals surface area (Å²) in [4.78, 5) is 26.2. The molecule has 8 nitrogen and oxygen atoms in total. The second-order valence-electron chi connectivity index (χ2n) is 10.1. The van der Waals surface area contributed by atoms with E-state index in [0.29, 0.717) is 54.1 Å². The summed E-state index contributed by atoms with van der Waals surface area (Å²) in [6, 6.07) is 8.33. The van der Waals surface area contributed by atoms with Crippen molar-refractivity contribution >= 4 is 17.8 Å². The number of hydrogen-bond acceptors (Lipinski definition) is 7. The highest BCUT2D eigenvalue weighted by molar-refractivity contribution is 5.79. The molecular formula is C28H30N6O2. The number of nitrogens with zero attached hydrogens (tertiary/aromatic N) is 6. The Morgan fingerprint density at radius 3 is 2.56 bits per heavy atom. The van der Waals surface area contributed by atoms with Crippen LogP contribution in [0.2, 0.25) is 0 Å². The maximum absolute atomic E-state index is 12.8. The number of hydrogen-bond donors (Lipinski definition) is 1. The van der Waals surface area contributed by atoms with E-state index in [0.717, 1.165) is 42.5 Å². The van der Waals surface area contributed by atoms with Crippen molar-refractivity contribution in [1.29, 1.82) is 10.5 Å². The van der Waals surface area contributed by atoms with Gasteiger partial charge in [-0.15, -0.1) is 0 Å². The molecule has 0 aromatic carbocycles. The van der Waals surface area contributed by atoms with Crippen LogP contribution < -0.4 is 4.90 Å². The van der Waals surface area contributed by atoms with Gasteiger partial charge < -0.3 is 14.9 Å². The Balaban J connectivity index is 1.52. The van der Waals surface area contributed by atoms with Gasteiger partial charge in [0, 0.05) is 42.9 Å². The van der Waals surface area contributed by atoms with Gasteiger partial charge in [-0.2, -0.15) is 10.5 Å². The van der Waals surface area contributed by atoms with Crippen LogP contribution in [0.1, 0.15) is 67.5 Å². The van der Waals surface area contributed by atoms with Gasteiger partial charge in [0.1, 0.15) is 18.0 Å². The maximum Gasteiger partial charge on any atom is 0.225 e. The van der Waals surface area contributed by atoms with Gasteiger partial charge in [0.2, 0.25) is 5.91 Å². The number of rotatable bonds is 7. The van der Waals surface area contributed by atoms with E-state index in [-0.39, 0.29) is 18.4 Å². The molecule has 3 fully saturated rings. The lowest BCUT2D eigenvalue weighted by Gasteiger charge is -2.43. The molecule has 36 heavy (non-hydrogen) atoms. The summed E-state index contributed by atoms with van der Waals surface area (Å²) < 4.78 is 0. The predicted molar refractivity (Wildman–Crippen MR) is 136 cm³/mol. The summed E-state index contributed by atoms with van der Waals surface area (Å²) in [5.41, 5.74) is 4.03. The van der Waals surface area contributed by atoms with Gasteiger partial charge in [0.25, 0.3) is 0 Å². The minimum Gasteiger partial charge on any atom is -0.393 e. The summed E-state index contributed by atoms with van der Waals surface area (Å²) in [6.45, 7) is 7.20. The van der Waals surface area contributed by atoms with Crippen molar-refractivity contribution in [2.45, 2.75) is 57.1 Å². The van der Waals surface area contributed by atoms with Crippen molar-refractivity contribution in [2.24, 2.45) is 5.92 Å². The first-order valence-corrected chi connectivity index (χ1v) is 12.6. The van der Waals surface area contributed by atoms with Crippen LogP contribution in [0.15, 0.2) is 24.9 Å². The molecule has 3 heterocycles. The summed E-state index contributed by atoms with van der Waals surface area (Å²) >= 11 is 0. The topological polar surface area (TPSA) is 117 Å². The fourth-order valence-electron chi connectivity index (χ4n) is 5.19. The second kappa shape index (κ2) is 9.72. The Kier molecular flexibility index (Phi) is 6.47. The highest BCUT2D eigenvalue weighted by Crippen LogP contribution is 2.46. The zero-order valence-electron chi connectivity index (χ0n) is 20.5. The van der Waals surface area contributed by atoms with E-state index < -0.39 is 6.10 Å². The van der Waals surface area contributed by atoms with E-state index in [1.54, 1.807) is 19.2 Å². The van der Waals surface area contributed by atoms with Crippen molar-refractivity contribution in [1.82, 2.24) is 14.9 Å². The molecule has 0 spiro atoms. The number of aromatic nitrogens is 2. The number of anilines is 1. The van der Waals surface area contributed by atoms with Gasteiger partial charge >= 0.3 is 0 Å². The second-order valence-corrected chi connectivity index (χ2v) is 10.1. The van der Waals surface area contributed by atoms with Gasteiger partial charge in [0.05, 0.1) is 41.1 Å². The largest absolute Gasteiger partial charge is 0.393 e. The monoisotopic (exact) mass is 482 g/mol. The maximum atomic E-state index is 12.8.